The Bertz CT molecular complexity index is 317. The van der Waals surface area contributed by atoms with Gasteiger partial charge in [0.15, 0.2) is 0 Å². The van der Waals surface area contributed by atoms with Crippen LogP contribution in [0, 0.1) is 0 Å². The Kier molecular flexibility index (Phi) is 4.60. The fourth-order valence-corrected chi connectivity index (χ4v) is 2.83. The van der Waals surface area contributed by atoms with E-state index in [2.05, 4.69) is 47.8 Å². The first-order valence-electron chi connectivity index (χ1n) is 6.67. The molecule has 1 aromatic heterocycles. The first kappa shape index (κ1) is 13.1. The molecule has 1 heterocycles. The summed E-state index contributed by atoms with van der Waals surface area (Å²) in [6.07, 6.45) is 2.77. The van der Waals surface area contributed by atoms with Crippen molar-refractivity contribution in [1.82, 2.24) is 10.2 Å². The van der Waals surface area contributed by atoms with Gasteiger partial charge < -0.3 is 5.32 Å². The van der Waals surface area contributed by atoms with Crippen molar-refractivity contribution in [2.24, 2.45) is 0 Å². The van der Waals surface area contributed by atoms with Crippen LogP contribution in [-0.2, 0) is 6.54 Å². The third kappa shape index (κ3) is 4.09. The van der Waals surface area contributed by atoms with E-state index < -0.39 is 0 Å². The first-order valence-corrected chi connectivity index (χ1v) is 7.61. The van der Waals surface area contributed by atoms with Crippen LogP contribution in [-0.4, -0.2) is 29.6 Å². The van der Waals surface area contributed by atoms with Crippen LogP contribution in [0.2, 0.25) is 0 Å². The van der Waals surface area contributed by atoms with Gasteiger partial charge in [0.05, 0.1) is 0 Å². The van der Waals surface area contributed by atoms with Crippen molar-refractivity contribution in [2.75, 3.05) is 6.54 Å². The number of hydrogen-bond acceptors (Lipinski definition) is 3. The van der Waals surface area contributed by atoms with Gasteiger partial charge in [-0.1, -0.05) is 13.8 Å². The Labute approximate surface area is 109 Å². The lowest BCUT2D eigenvalue weighted by Gasteiger charge is -2.29. The van der Waals surface area contributed by atoms with Gasteiger partial charge in [0, 0.05) is 31.2 Å². The summed E-state index contributed by atoms with van der Waals surface area (Å²) in [5.74, 6) is 0. The fraction of sp³-hybridized carbons (Fsp3) is 0.714. The average molecular weight is 252 g/mol. The largest absolute Gasteiger partial charge is 0.313 e. The van der Waals surface area contributed by atoms with Crippen LogP contribution in [0.15, 0.2) is 16.8 Å². The molecule has 3 heteroatoms. The molecule has 0 aromatic carbocycles. The van der Waals surface area contributed by atoms with Gasteiger partial charge in [-0.2, -0.15) is 11.3 Å². The topological polar surface area (TPSA) is 15.3 Å². The molecule has 0 amide bonds. The fourth-order valence-electron chi connectivity index (χ4n) is 2.17. The van der Waals surface area contributed by atoms with Crippen LogP contribution in [0.5, 0.6) is 0 Å². The van der Waals surface area contributed by atoms with Gasteiger partial charge in [0.25, 0.3) is 0 Å². The maximum absolute atomic E-state index is 3.55. The molecule has 1 unspecified atom stereocenters. The normalized spacial score (nSPS) is 17.9. The highest BCUT2D eigenvalue weighted by atomic mass is 32.1. The lowest BCUT2D eigenvalue weighted by Crippen LogP contribution is -2.42. The van der Waals surface area contributed by atoms with E-state index >= 15 is 0 Å². The standard InChI is InChI=1S/C14H24N2S/c1-11(2)15-8-12(3)16(14-4-5-14)9-13-6-7-17-10-13/h6-7,10-12,14-15H,4-5,8-9H2,1-3H3. The minimum atomic E-state index is 0.583. The molecule has 0 spiro atoms. The molecule has 1 fully saturated rings. The van der Waals surface area contributed by atoms with Crippen LogP contribution in [0.1, 0.15) is 39.2 Å². The smallest absolute Gasteiger partial charge is 0.0248 e. The molecule has 1 aliphatic rings. The minimum Gasteiger partial charge on any atom is -0.313 e. The molecule has 1 saturated carbocycles. The molecular weight excluding hydrogens is 228 g/mol. The first-order chi connectivity index (χ1) is 8.16. The molecular formula is C14H24N2S. The molecule has 1 aliphatic carbocycles. The molecule has 0 saturated heterocycles. The van der Waals surface area contributed by atoms with E-state index in [0.717, 1.165) is 19.1 Å². The number of nitrogens with one attached hydrogen (secondary N) is 1. The third-order valence-corrected chi connectivity index (χ3v) is 4.08. The van der Waals surface area contributed by atoms with Gasteiger partial charge in [-0.15, -0.1) is 0 Å². The van der Waals surface area contributed by atoms with Crippen molar-refractivity contribution in [1.29, 1.82) is 0 Å². The predicted molar refractivity (Wildman–Crippen MR) is 75.5 cm³/mol. The number of rotatable bonds is 7. The van der Waals surface area contributed by atoms with Crippen molar-refractivity contribution in [2.45, 2.75) is 58.3 Å². The van der Waals surface area contributed by atoms with Crippen molar-refractivity contribution in [3.8, 4) is 0 Å². The molecule has 1 N–H and O–H groups in total. The highest BCUT2D eigenvalue weighted by molar-refractivity contribution is 7.07. The Balaban J connectivity index is 1.87. The summed E-state index contributed by atoms with van der Waals surface area (Å²) in [4.78, 5) is 2.66. The summed E-state index contributed by atoms with van der Waals surface area (Å²) in [6.45, 7) is 8.99. The summed E-state index contributed by atoms with van der Waals surface area (Å²) in [5, 5.41) is 8.00. The van der Waals surface area contributed by atoms with Gasteiger partial charge in [-0.3, -0.25) is 4.90 Å². The molecule has 2 nitrogen and oxygen atoms in total. The number of hydrogen-bond donors (Lipinski definition) is 1. The van der Waals surface area contributed by atoms with E-state index in [-0.39, 0.29) is 0 Å². The van der Waals surface area contributed by atoms with Crippen LogP contribution >= 0.6 is 11.3 Å². The van der Waals surface area contributed by atoms with E-state index in [1.165, 1.54) is 18.4 Å². The molecule has 96 valence electrons. The van der Waals surface area contributed by atoms with E-state index in [1.807, 2.05) is 0 Å². The van der Waals surface area contributed by atoms with E-state index in [4.69, 9.17) is 0 Å². The van der Waals surface area contributed by atoms with Gasteiger partial charge >= 0.3 is 0 Å². The van der Waals surface area contributed by atoms with Crippen LogP contribution in [0.3, 0.4) is 0 Å². The summed E-state index contributed by atoms with van der Waals surface area (Å²) < 4.78 is 0. The molecule has 0 bridgehead atoms. The lowest BCUT2D eigenvalue weighted by atomic mass is 10.2. The van der Waals surface area contributed by atoms with Crippen molar-refractivity contribution >= 4 is 11.3 Å². The highest BCUT2D eigenvalue weighted by Gasteiger charge is 2.31. The average Bonchev–Trinajstić information content (AvgIpc) is 3.00. The Morgan fingerprint density at radius 3 is 2.71 bits per heavy atom. The zero-order valence-electron chi connectivity index (χ0n) is 11.1. The summed E-state index contributed by atoms with van der Waals surface area (Å²) in [7, 11) is 0. The van der Waals surface area contributed by atoms with E-state index in [1.54, 1.807) is 11.3 Å². The van der Waals surface area contributed by atoms with Crippen molar-refractivity contribution < 1.29 is 0 Å². The van der Waals surface area contributed by atoms with E-state index in [9.17, 15) is 0 Å². The predicted octanol–water partition coefficient (Wildman–Crippen LogP) is 3.10. The number of thiophene rings is 1. The van der Waals surface area contributed by atoms with Gasteiger partial charge in [-0.05, 0) is 42.2 Å². The summed E-state index contributed by atoms with van der Waals surface area (Å²) >= 11 is 1.80. The van der Waals surface area contributed by atoms with Crippen LogP contribution in [0.25, 0.3) is 0 Å². The molecule has 17 heavy (non-hydrogen) atoms. The molecule has 0 radical (unpaired) electrons. The van der Waals surface area contributed by atoms with Gasteiger partial charge in [0.1, 0.15) is 0 Å². The SMILES string of the molecule is CC(C)NCC(C)N(Cc1ccsc1)C1CC1. The summed E-state index contributed by atoms with van der Waals surface area (Å²) in [6, 6.07) is 4.30. The van der Waals surface area contributed by atoms with E-state index in [0.29, 0.717) is 12.1 Å². The monoisotopic (exact) mass is 252 g/mol. The zero-order valence-corrected chi connectivity index (χ0v) is 12.0. The zero-order chi connectivity index (χ0) is 12.3. The second-order valence-corrected chi connectivity index (χ2v) is 6.23. The van der Waals surface area contributed by atoms with Crippen LogP contribution in [0.4, 0.5) is 0 Å². The maximum Gasteiger partial charge on any atom is 0.0248 e. The Hall–Kier alpha value is -0.380. The minimum absolute atomic E-state index is 0.583. The third-order valence-electron chi connectivity index (χ3n) is 3.35. The second-order valence-electron chi connectivity index (χ2n) is 5.45. The van der Waals surface area contributed by atoms with Crippen molar-refractivity contribution in [3.63, 3.8) is 0 Å². The molecule has 1 atom stereocenters. The quantitative estimate of drug-likeness (QED) is 0.802. The maximum atomic E-state index is 3.55. The van der Waals surface area contributed by atoms with Gasteiger partial charge in [-0.25, -0.2) is 0 Å². The van der Waals surface area contributed by atoms with Crippen molar-refractivity contribution in [3.05, 3.63) is 22.4 Å². The summed E-state index contributed by atoms with van der Waals surface area (Å²) in [5.41, 5.74) is 1.47. The molecule has 2 rings (SSSR count). The second kappa shape index (κ2) is 5.98. The van der Waals surface area contributed by atoms with Crippen LogP contribution < -0.4 is 5.32 Å². The Morgan fingerprint density at radius 2 is 2.18 bits per heavy atom. The lowest BCUT2D eigenvalue weighted by molar-refractivity contribution is 0.183. The molecule has 1 aromatic rings. The highest BCUT2D eigenvalue weighted by Crippen LogP contribution is 2.30. The molecule has 0 aliphatic heterocycles. The number of nitrogens with zero attached hydrogens (tertiary/aromatic N) is 1. The van der Waals surface area contributed by atoms with Gasteiger partial charge in [0.2, 0.25) is 0 Å². The Morgan fingerprint density at radius 1 is 1.41 bits per heavy atom.